The summed E-state index contributed by atoms with van der Waals surface area (Å²) in [6.07, 6.45) is 1.28. The third kappa shape index (κ3) is 4.87. The van der Waals surface area contributed by atoms with Gasteiger partial charge in [-0.2, -0.15) is 0 Å². The Labute approximate surface area is 193 Å². The maximum Gasteiger partial charge on any atom is 0.408 e. The number of ether oxygens (including phenoxy) is 1. The lowest BCUT2D eigenvalue weighted by Crippen LogP contribution is -2.53. The molecule has 1 fully saturated rings. The number of hydrogen-bond acceptors (Lipinski definition) is 4. The number of carbonyl (C=O) groups excluding carboxylic acids is 2. The van der Waals surface area contributed by atoms with Crippen molar-refractivity contribution in [3.8, 4) is 11.1 Å². The fourth-order valence-electron chi connectivity index (χ4n) is 4.42. The Bertz CT molecular complexity index is 1010. The molecule has 2 aliphatic rings. The quantitative estimate of drug-likeness (QED) is 0.534. The zero-order valence-corrected chi connectivity index (χ0v) is 19.0. The van der Waals surface area contributed by atoms with E-state index in [4.69, 9.17) is 4.74 Å². The summed E-state index contributed by atoms with van der Waals surface area (Å²) >= 11 is 0. The van der Waals surface area contributed by atoms with Crippen molar-refractivity contribution in [3.05, 3.63) is 59.7 Å². The second kappa shape index (κ2) is 9.25. The predicted octanol–water partition coefficient (Wildman–Crippen LogP) is 4.06. The molecule has 2 aliphatic carbocycles. The van der Waals surface area contributed by atoms with Crippen molar-refractivity contribution in [1.29, 1.82) is 0 Å². The van der Waals surface area contributed by atoms with E-state index in [-0.39, 0.29) is 12.5 Å². The molecule has 0 spiro atoms. The summed E-state index contributed by atoms with van der Waals surface area (Å²) in [4.78, 5) is 36.9. The van der Waals surface area contributed by atoms with E-state index in [0.717, 1.165) is 22.3 Å². The highest BCUT2D eigenvalue weighted by atomic mass is 16.5. The van der Waals surface area contributed by atoms with Crippen LogP contribution >= 0.6 is 0 Å². The summed E-state index contributed by atoms with van der Waals surface area (Å²) in [6.45, 7) is 4.16. The topological polar surface area (TPSA) is 105 Å². The average molecular weight is 451 g/mol. The molecule has 7 nitrogen and oxygen atoms in total. The van der Waals surface area contributed by atoms with E-state index in [2.05, 4.69) is 22.8 Å². The molecule has 174 valence electrons. The molecular formula is C26H30N2O5. The van der Waals surface area contributed by atoms with Crippen LogP contribution in [-0.4, -0.2) is 41.3 Å². The van der Waals surface area contributed by atoms with Crippen LogP contribution in [0.2, 0.25) is 0 Å². The summed E-state index contributed by atoms with van der Waals surface area (Å²) in [6, 6.07) is 15.2. The first-order valence-electron chi connectivity index (χ1n) is 11.5. The van der Waals surface area contributed by atoms with Gasteiger partial charge < -0.3 is 20.5 Å². The van der Waals surface area contributed by atoms with Gasteiger partial charge in [0.15, 0.2) is 0 Å². The second-order valence-corrected chi connectivity index (χ2v) is 9.37. The van der Waals surface area contributed by atoms with Crippen LogP contribution in [0, 0.1) is 5.92 Å². The predicted molar refractivity (Wildman–Crippen MR) is 124 cm³/mol. The Kier molecular flexibility index (Phi) is 6.40. The minimum atomic E-state index is -1.09. The number of hydrogen-bond donors (Lipinski definition) is 3. The highest BCUT2D eigenvalue weighted by Crippen LogP contribution is 2.44. The van der Waals surface area contributed by atoms with Gasteiger partial charge in [-0.05, 0) is 53.9 Å². The molecular weight excluding hydrogens is 420 g/mol. The van der Waals surface area contributed by atoms with E-state index < -0.39 is 29.6 Å². The number of carboxylic acid groups (broad SMARTS) is 1. The van der Waals surface area contributed by atoms with Crippen LogP contribution in [0.5, 0.6) is 0 Å². The smallest absolute Gasteiger partial charge is 0.408 e. The Hall–Kier alpha value is -3.35. The van der Waals surface area contributed by atoms with Gasteiger partial charge in [-0.25, -0.2) is 9.59 Å². The van der Waals surface area contributed by atoms with E-state index >= 15 is 0 Å². The van der Waals surface area contributed by atoms with E-state index in [9.17, 15) is 19.5 Å². The number of carbonyl (C=O) groups is 3. The normalized spacial score (nSPS) is 16.5. The monoisotopic (exact) mass is 450 g/mol. The largest absolute Gasteiger partial charge is 0.480 e. The summed E-state index contributed by atoms with van der Waals surface area (Å²) in [7, 11) is 0. The number of alkyl carbamates (subject to hydrolysis) is 1. The third-order valence-electron chi connectivity index (χ3n) is 6.51. The first-order chi connectivity index (χ1) is 15.8. The van der Waals surface area contributed by atoms with Gasteiger partial charge in [0.25, 0.3) is 0 Å². The molecule has 33 heavy (non-hydrogen) atoms. The highest BCUT2D eigenvalue weighted by molar-refractivity contribution is 5.95. The van der Waals surface area contributed by atoms with Crippen molar-refractivity contribution < 1.29 is 24.2 Å². The lowest BCUT2D eigenvalue weighted by Gasteiger charge is -2.22. The SMILES string of the molecule is CC(C)CCC(NC(=O)C1(NC(=O)OCC2c3ccccc3-c3ccccc32)CC1)C(=O)O. The zero-order chi connectivity index (χ0) is 23.6. The van der Waals surface area contributed by atoms with Crippen molar-refractivity contribution in [1.82, 2.24) is 10.6 Å². The van der Waals surface area contributed by atoms with Crippen LogP contribution in [0.15, 0.2) is 48.5 Å². The molecule has 2 aromatic rings. The minimum Gasteiger partial charge on any atom is -0.480 e. The number of amides is 2. The lowest BCUT2D eigenvalue weighted by molar-refractivity contribution is -0.142. The van der Waals surface area contributed by atoms with E-state index in [1.807, 2.05) is 50.2 Å². The Morgan fingerprint density at radius 3 is 2.09 bits per heavy atom. The standard InChI is InChI=1S/C26H30N2O5/c1-16(2)11-12-22(23(29)30)27-24(31)26(13-14-26)28-25(32)33-15-21-19-9-5-3-7-17(19)18-8-4-6-10-20(18)21/h3-10,16,21-22H,11-15H2,1-2H3,(H,27,31)(H,28,32)(H,29,30). The molecule has 1 saturated carbocycles. The molecule has 7 heteroatoms. The van der Waals surface area contributed by atoms with Crippen LogP contribution in [0.25, 0.3) is 11.1 Å². The van der Waals surface area contributed by atoms with Crippen molar-refractivity contribution in [2.75, 3.05) is 6.61 Å². The number of carboxylic acids is 1. The number of benzene rings is 2. The van der Waals surface area contributed by atoms with Crippen LogP contribution in [0.3, 0.4) is 0 Å². The molecule has 0 aromatic heterocycles. The average Bonchev–Trinajstić information content (AvgIpc) is 3.50. The molecule has 1 unspecified atom stereocenters. The second-order valence-electron chi connectivity index (χ2n) is 9.37. The summed E-state index contributed by atoms with van der Waals surface area (Å²) in [5.74, 6) is -1.27. The van der Waals surface area contributed by atoms with Crippen LogP contribution in [0.4, 0.5) is 4.79 Å². The molecule has 2 amide bonds. The molecule has 4 rings (SSSR count). The summed E-state index contributed by atoms with van der Waals surface area (Å²) in [5, 5.41) is 14.7. The molecule has 0 bridgehead atoms. The molecule has 3 N–H and O–H groups in total. The van der Waals surface area contributed by atoms with Gasteiger partial charge in [0, 0.05) is 5.92 Å². The van der Waals surface area contributed by atoms with Gasteiger partial charge >= 0.3 is 12.1 Å². The van der Waals surface area contributed by atoms with Crippen molar-refractivity contribution >= 4 is 18.0 Å². The summed E-state index contributed by atoms with van der Waals surface area (Å²) < 4.78 is 5.55. The van der Waals surface area contributed by atoms with Gasteiger partial charge in [0.05, 0.1) is 0 Å². The van der Waals surface area contributed by atoms with E-state index in [1.54, 1.807) is 0 Å². The van der Waals surface area contributed by atoms with Gasteiger partial charge in [-0.15, -0.1) is 0 Å². The number of aliphatic carboxylic acids is 1. The van der Waals surface area contributed by atoms with Crippen LogP contribution in [-0.2, 0) is 14.3 Å². The van der Waals surface area contributed by atoms with E-state index in [1.165, 1.54) is 0 Å². The van der Waals surface area contributed by atoms with Crippen LogP contribution < -0.4 is 10.6 Å². The molecule has 1 atom stereocenters. The van der Waals surface area contributed by atoms with Crippen molar-refractivity contribution in [3.63, 3.8) is 0 Å². The fourth-order valence-corrected chi connectivity index (χ4v) is 4.42. The Morgan fingerprint density at radius 1 is 1.00 bits per heavy atom. The van der Waals surface area contributed by atoms with Gasteiger partial charge in [0.1, 0.15) is 18.2 Å². The Morgan fingerprint density at radius 2 is 1.58 bits per heavy atom. The Balaban J connectivity index is 1.36. The molecule has 0 radical (unpaired) electrons. The van der Waals surface area contributed by atoms with Gasteiger partial charge in [-0.3, -0.25) is 4.79 Å². The number of rotatable bonds is 9. The molecule has 0 saturated heterocycles. The van der Waals surface area contributed by atoms with Crippen LogP contribution in [0.1, 0.15) is 56.6 Å². The van der Waals surface area contributed by atoms with Crippen molar-refractivity contribution in [2.45, 2.75) is 57.0 Å². The molecule has 0 heterocycles. The zero-order valence-electron chi connectivity index (χ0n) is 19.0. The molecule has 2 aromatic carbocycles. The third-order valence-corrected chi connectivity index (χ3v) is 6.51. The lowest BCUT2D eigenvalue weighted by atomic mass is 9.98. The minimum absolute atomic E-state index is 0.0699. The maximum atomic E-state index is 12.8. The first-order valence-corrected chi connectivity index (χ1v) is 11.5. The maximum absolute atomic E-state index is 12.8. The van der Waals surface area contributed by atoms with Gasteiger partial charge in [-0.1, -0.05) is 62.4 Å². The number of fused-ring (bicyclic) bond motifs is 3. The fraction of sp³-hybridized carbons (Fsp3) is 0.423. The van der Waals surface area contributed by atoms with Crippen molar-refractivity contribution in [2.24, 2.45) is 5.92 Å². The van der Waals surface area contributed by atoms with Gasteiger partial charge in [0.2, 0.25) is 5.91 Å². The molecule has 0 aliphatic heterocycles. The van der Waals surface area contributed by atoms with E-state index in [0.29, 0.717) is 31.6 Å². The highest BCUT2D eigenvalue weighted by Gasteiger charge is 2.52. The number of nitrogens with one attached hydrogen (secondary N) is 2. The first kappa shape index (κ1) is 22.8. The summed E-state index contributed by atoms with van der Waals surface area (Å²) in [5.41, 5.74) is 3.41.